The number of aromatic nitrogens is 1. The number of Topliss-reactive ketones (excluding diaryl/α,β-unsaturated/α-hetero) is 1. The quantitative estimate of drug-likeness (QED) is 0.219. The maximum absolute atomic E-state index is 15.0. The summed E-state index contributed by atoms with van der Waals surface area (Å²) < 4.78 is 21.3. The molecule has 1 amide bonds. The van der Waals surface area contributed by atoms with E-state index in [1.54, 1.807) is 48.5 Å². The van der Waals surface area contributed by atoms with Gasteiger partial charge in [0.25, 0.3) is 5.78 Å². The second kappa shape index (κ2) is 8.96. The van der Waals surface area contributed by atoms with Crippen LogP contribution < -0.4 is 9.64 Å². The lowest BCUT2D eigenvalue weighted by atomic mass is 9.95. The number of carbonyl (C=O) groups excluding carboxylic acids is 2. The molecule has 0 bridgehead atoms. The number of carbonyl (C=O) groups is 2. The molecule has 0 aliphatic carbocycles. The highest BCUT2D eigenvalue weighted by Gasteiger charge is 2.49. The smallest absolute Gasteiger partial charge is 0.301 e. The fraction of sp³-hybridized carbons (Fsp3) is 0.148. The third-order valence-electron chi connectivity index (χ3n) is 5.83. The molecule has 4 aromatic rings. The van der Waals surface area contributed by atoms with Gasteiger partial charge in [0.1, 0.15) is 23.4 Å². The number of aliphatic hydroxyl groups excluding tert-OH is 1. The molecule has 1 unspecified atom stereocenters. The minimum atomic E-state index is -1.18. The van der Waals surface area contributed by atoms with E-state index in [0.29, 0.717) is 23.4 Å². The second-order valence-electron chi connectivity index (χ2n) is 8.12. The van der Waals surface area contributed by atoms with E-state index in [4.69, 9.17) is 4.74 Å². The van der Waals surface area contributed by atoms with Gasteiger partial charge in [-0.1, -0.05) is 59.4 Å². The molecule has 8 heteroatoms. The van der Waals surface area contributed by atoms with Crippen LogP contribution >= 0.6 is 11.3 Å². The van der Waals surface area contributed by atoms with E-state index in [1.807, 2.05) is 13.8 Å². The number of hydrogen-bond acceptors (Lipinski definition) is 6. The molecule has 1 aliphatic rings. The highest BCUT2D eigenvalue weighted by Crippen LogP contribution is 2.45. The fourth-order valence-corrected chi connectivity index (χ4v) is 5.16. The average Bonchev–Trinajstić information content (AvgIpc) is 3.37. The lowest BCUT2D eigenvalue weighted by Gasteiger charge is -2.23. The number of aryl methyl sites for hydroxylation is 1. The van der Waals surface area contributed by atoms with Crippen LogP contribution in [0.25, 0.3) is 16.0 Å². The van der Waals surface area contributed by atoms with Gasteiger partial charge < -0.3 is 9.84 Å². The first-order valence-corrected chi connectivity index (χ1v) is 11.9. The molecule has 0 saturated carbocycles. The lowest BCUT2D eigenvalue weighted by molar-refractivity contribution is -0.132. The number of ether oxygens (including phenoxy) is 1. The Hall–Kier alpha value is -4.04. The molecule has 176 valence electrons. The van der Waals surface area contributed by atoms with Crippen molar-refractivity contribution in [1.29, 1.82) is 0 Å². The van der Waals surface area contributed by atoms with E-state index in [1.165, 1.54) is 34.4 Å². The lowest BCUT2D eigenvalue weighted by Crippen LogP contribution is -2.29. The van der Waals surface area contributed by atoms with Gasteiger partial charge in [-0.15, -0.1) is 0 Å². The number of aliphatic hydroxyl groups is 1. The van der Waals surface area contributed by atoms with Crippen LogP contribution in [0, 0.1) is 12.7 Å². The summed E-state index contributed by atoms with van der Waals surface area (Å²) in [6.07, 6.45) is 0. The number of hydrogen-bond donors (Lipinski definition) is 1. The average molecular weight is 489 g/mol. The number of thiazole rings is 1. The summed E-state index contributed by atoms with van der Waals surface area (Å²) in [5, 5.41) is 11.4. The van der Waals surface area contributed by atoms with Crippen molar-refractivity contribution in [2.24, 2.45) is 0 Å². The number of rotatable bonds is 5. The highest BCUT2D eigenvalue weighted by atomic mass is 32.1. The zero-order valence-corrected chi connectivity index (χ0v) is 19.8. The van der Waals surface area contributed by atoms with Gasteiger partial charge in [0.15, 0.2) is 5.13 Å². The van der Waals surface area contributed by atoms with Crippen LogP contribution in [0.1, 0.15) is 29.7 Å². The van der Waals surface area contributed by atoms with E-state index in [9.17, 15) is 14.7 Å². The summed E-state index contributed by atoms with van der Waals surface area (Å²) >= 11 is 1.19. The molecule has 1 aromatic heterocycles. The van der Waals surface area contributed by atoms with Gasteiger partial charge >= 0.3 is 5.91 Å². The number of ketones is 1. The van der Waals surface area contributed by atoms with Crippen LogP contribution in [-0.4, -0.2) is 28.4 Å². The van der Waals surface area contributed by atoms with E-state index in [-0.39, 0.29) is 22.0 Å². The summed E-state index contributed by atoms with van der Waals surface area (Å²) in [6, 6.07) is 17.0. The van der Waals surface area contributed by atoms with Crippen molar-refractivity contribution in [3.8, 4) is 5.75 Å². The SMILES string of the molecule is CCOc1ccc2nc(N3C(=O)C(=O)/C(=C(/O)c4ccc(C)cc4)C3c3ccccc3F)sc2c1. The molecule has 1 saturated heterocycles. The van der Waals surface area contributed by atoms with Crippen molar-refractivity contribution in [2.75, 3.05) is 11.5 Å². The molecule has 35 heavy (non-hydrogen) atoms. The van der Waals surface area contributed by atoms with Crippen LogP contribution in [0.5, 0.6) is 5.75 Å². The molecule has 6 nitrogen and oxygen atoms in total. The standard InChI is InChI=1S/C27H21FN2O4S/c1-3-34-17-12-13-20-21(14-17)35-27(29-20)30-23(18-6-4-5-7-19(18)28)22(25(32)26(30)33)24(31)16-10-8-15(2)9-11-16/h4-14,23,31H,3H2,1-2H3/b24-22+. The molecule has 1 N–H and O–H groups in total. The van der Waals surface area contributed by atoms with Crippen LogP contribution in [0.15, 0.2) is 72.3 Å². The van der Waals surface area contributed by atoms with Gasteiger partial charge in [-0.2, -0.15) is 0 Å². The third kappa shape index (κ3) is 3.95. The minimum absolute atomic E-state index is 0.0922. The minimum Gasteiger partial charge on any atom is -0.507 e. The van der Waals surface area contributed by atoms with Gasteiger partial charge in [-0.25, -0.2) is 9.37 Å². The number of halogens is 1. The molecular formula is C27H21FN2O4S. The van der Waals surface area contributed by atoms with Crippen molar-refractivity contribution in [2.45, 2.75) is 19.9 Å². The molecule has 0 radical (unpaired) electrons. The third-order valence-corrected chi connectivity index (χ3v) is 6.85. The summed E-state index contributed by atoms with van der Waals surface area (Å²) in [4.78, 5) is 32.3. The number of benzene rings is 3. The van der Waals surface area contributed by atoms with Crippen molar-refractivity contribution >= 4 is 44.1 Å². The molecular weight excluding hydrogens is 467 g/mol. The first-order chi connectivity index (χ1) is 16.9. The zero-order valence-electron chi connectivity index (χ0n) is 19.0. The Morgan fingerprint density at radius 3 is 2.57 bits per heavy atom. The van der Waals surface area contributed by atoms with E-state index < -0.39 is 23.5 Å². The summed E-state index contributed by atoms with van der Waals surface area (Å²) in [7, 11) is 0. The Kier molecular flexibility index (Phi) is 5.82. The molecule has 5 rings (SSSR count). The number of nitrogens with zero attached hydrogens (tertiary/aromatic N) is 2. The summed E-state index contributed by atoms with van der Waals surface area (Å²) in [6.45, 7) is 4.27. The van der Waals surface area contributed by atoms with Gasteiger partial charge in [-0.05, 0) is 38.1 Å². The zero-order chi connectivity index (χ0) is 24.7. The molecule has 0 spiro atoms. The molecule has 2 heterocycles. The van der Waals surface area contributed by atoms with Crippen molar-refractivity contribution in [3.05, 3.63) is 94.8 Å². The molecule has 1 fully saturated rings. The first kappa shape index (κ1) is 22.7. The Morgan fingerprint density at radius 1 is 1.11 bits per heavy atom. The number of fused-ring (bicyclic) bond motifs is 1. The maximum atomic E-state index is 15.0. The normalized spacial score (nSPS) is 17.3. The van der Waals surface area contributed by atoms with E-state index in [2.05, 4.69) is 4.98 Å². The first-order valence-electron chi connectivity index (χ1n) is 11.0. The Balaban J connectivity index is 1.71. The van der Waals surface area contributed by atoms with E-state index >= 15 is 4.39 Å². The molecule has 1 atom stereocenters. The Morgan fingerprint density at radius 2 is 1.86 bits per heavy atom. The van der Waals surface area contributed by atoms with Crippen molar-refractivity contribution in [1.82, 2.24) is 4.98 Å². The van der Waals surface area contributed by atoms with Crippen LogP contribution in [0.3, 0.4) is 0 Å². The van der Waals surface area contributed by atoms with E-state index in [0.717, 1.165) is 10.3 Å². The van der Waals surface area contributed by atoms with Crippen LogP contribution in [0.2, 0.25) is 0 Å². The van der Waals surface area contributed by atoms with Gasteiger partial charge in [0, 0.05) is 11.1 Å². The van der Waals surface area contributed by atoms with Gasteiger partial charge in [0.2, 0.25) is 0 Å². The monoisotopic (exact) mass is 488 g/mol. The van der Waals surface area contributed by atoms with Crippen molar-refractivity contribution < 1.29 is 23.8 Å². The molecule has 3 aromatic carbocycles. The van der Waals surface area contributed by atoms with Crippen molar-refractivity contribution in [3.63, 3.8) is 0 Å². The summed E-state index contributed by atoms with van der Waals surface area (Å²) in [5.41, 5.74) is 1.85. The maximum Gasteiger partial charge on any atom is 0.301 e. The number of anilines is 1. The van der Waals surface area contributed by atoms with Gasteiger partial charge in [-0.3, -0.25) is 14.5 Å². The second-order valence-corrected chi connectivity index (χ2v) is 9.12. The Labute approximate surface area is 204 Å². The highest BCUT2D eigenvalue weighted by molar-refractivity contribution is 7.22. The molecule has 1 aliphatic heterocycles. The van der Waals surface area contributed by atoms with Crippen LogP contribution in [-0.2, 0) is 9.59 Å². The topological polar surface area (TPSA) is 79.7 Å². The van der Waals surface area contributed by atoms with Gasteiger partial charge in [0.05, 0.1) is 22.4 Å². The van der Waals surface area contributed by atoms with Crippen LogP contribution in [0.4, 0.5) is 9.52 Å². The largest absolute Gasteiger partial charge is 0.507 e. The Bertz CT molecular complexity index is 1490. The number of amides is 1. The predicted molar refractivity (Wildman–Crippen MR) is 133 cm³/mol. The fourth-order valence-electron chi connectivity index (χ4n) is 4.14. The predicted octanol–water partition coefficient (Wildman–Crippen LogP) is 5.77. The summed E-state index contributed by atoms with van der Waals surface area (Å²) in [5.74, 6) is -2.08.